The highest BCUT2D eigenvalue weighted by Gasteiger charge is 2.37. The smallest absolute Gasteiger partial charge is 0.407 e. The van der Waals surface area contributed by atoms with Crippen LogP contribution in [-0.4, -0.2) is 55.6 Å². The molecule has 0 spiro atoms. The van der Waals surface area contributed by atoms with Crippen molar-refractivity contribution >= 4 is 12.0 Å². The quantitative estimate of drug-likeness (QED) is 0.449. The van der Waals surface area contributed by atoms with E-state index in [-0.39, 0.29) is 42.8 Å². The van der Waals surface area contributed by atoms with Crippen LogP contribution in [0.1, 0.15) is 51.5 Å². The lowest BCUT2D eigenvalue weighted by Gasteiger charge is -2.19. The zero-order chi connectivity index (χ0) is 23.1. The molecule has 2 aliphatic rings. The molecule has 1 aliphatic carbocycles. The van der Waals surface area contributed by atoms with Crippen LogP contribution in [0.3, 0.4) is 0 Å². The van der Waals surface area contributed by atoms with Crippen LogP contribution in [0.5, 0.6) is 11.6 Å². The first-order chi connectivity index (χ1) is 15.4. The van der Waals surface area contributed by atoms with Crippen molar-refractivity contribution in [3.05, 3.63) is 17.8 Å². The molecule has 0 bridgehead atoms. The van der Waals surface area contributed by atoms with Gasteiger partial charge < -0.3 is 24.8 Å². The van der Waals surface area contributed by atoms with Crippen LogP contribution in [0.25, 0.3) is 0 Å². The van der Waals surface area contributed by atoms with Gasteiger partial charge in [-0.25, -0.2) is 15.2 Å². The van der Waals surface area contributed by atoms with Crippen molar-refractivity contribution in [2.45, 2.75) is 76.7 Å². The zero-order valence-electron chi connectivity index (χ0n) is 19.3. The van der Waals surface area contributed by atoms with Gasteiger partial charge in [-0.15, -0.1) is 0 Å². The van der Waals surface area contributed by atoms with E-state index in [1.807, 2.05) is 13.8 Å². The van der Waals surface area contributed by atoms with E-state index < -0.39 is 0 Å². The topological polar surface area (TPSA) is 123 Å². The Kier molecular flexibility index (Phi) is 8.52. The maximum absolute atomic E-state index is 12.6. The molecule has 4 N–H and O–H groups in total. The van der Waals surface area contributed by atoms with Crippen molar-refractivity contribution in [1.82, 2.24) is 26.5 Å². The van der Waals surface area contributed by atoms with Crippen molar-refractivity contribution in [3.8, 4) is 11.6 Å². The molecule has 0 radical (unpaired) electrons. The Hall–Kier alpha value is -2.59. The van der Waals surface area contributed by atoms with Crippen LogP contribution in [-0.2, 0) is 16.0 Å². The molecule has 2 amide bonds. The minimum absolute atomic E-state index is 0.0615. The molecule has 1 saturated heterocycles. The van der Waals surface area contributed by atoms with E-state index in [1.54, 1.807) is 19.4 Å². The molecular weight excluding hydrogens is 414 g/mol. The number of ether oxygens (including phenoxy) is 3. The summed E-state index contributed by atoms with van der Waals surface area (Å²) in [5.74, 6) is 1.25. The van der Waals surface area contributed by atoms with E-state index in [0.29, 0.717) is 23.1 Å². The summed E-state index contributed by atoms with van der Waals surface area (Å²) >= 11 is 0. The molecule has 1 aromatic heterocycles. The van der Waals surface area contributed by atoms with Gasteiger partial charge in [0.2, 0.25) is 11.8 Å². The van der Waals surface area contributed by atoms with Crippen molar-refractivity contribution in [2.75, 3.05) is 14.2 Å². The number of nitrogens with one attached hydrogen (secondary N) is 4. The summed E-state index contributed by atoms with van der Waals surface area (Å²) < 4.78 is 16.0. The normalized spacial score (nSPS) is 25.8. The van der Waals surface area contributed by atoms with E-state index in [2.05, 4.69) is 26.5 Å². The second-order valence-electron chi connectivity index (χ2n) is 8.52. The molecule has 178 valence electrons. The van der Waals surface area contributed by atoms with Crippen molar-refractivity contribution in [2.24, 2.45) is 5.92 Å². The number of carbonyl (C=O) groups excluding carboxylic acids is 2. The number of hydrogen-bond donors (Lipinski definition) is 4. The summed E-state index contributed by atoms with van der Waals surface area (Å²) in [5, 5.41) is 5.86. The lowest BCUT2D eigenvalue weighted by molar-refractivity contribution is -0.121. The van der Waals surface area contributed by atoms with E-state index in [4.69, 9.17) is 14.2 Å². The molecule has 1 saturated carbocycles. The fourth-order valence-corrected chi connectivity index (χ4v) is 4.23. The van der Waals surface area contributed by atoms with Gasteiger partial charge in [0.05, 0.1) is 33.0 Å². The van der Waals surface area contributed by atoms with E-state index in [1.165, 1.54) is 7.11 Å². The molecule has 32 heavy (non-hydrogen) atoms. The van der Waals surface area contributed by atoms with Gasteiger partial charge in [0.1, 0.15) is 11.9 Å². The monoisotopic (exact) mass is 449 g/mol. The number of nitrogens with zero attached hydrogens (tertiary/aromatic N) is 1. The van der Waals surface area contributed by atoms with Crippen LogP contribution < -0.4 is 31.0 Å². The summed E-state index contributed by atoms with van der Waals surface area (Å²) in [5.41, 5.74) is 7.18. The predicted octanol–water partition coefficient (Wildman–Crippen LogP) is 1.64. The van der Waals surface area contributed by atoms with E-state index >= 15 is 0 Å². The van der Waals surface area contributed by atoms with E-state index in [0.717, 1.165) is 32.1 Å². The third-order valence-corrected chi connectivity index (χ3v) is 6.22. The van der Waals surface area contributed by atoms with Gasteiger partial charge in [-0.3, -0.25) is 10.2 Å². The van der Waals surface area contributed by atoms with E-state index in [9.17, 15) is 9.59 Å². The summed E-state index contributed by atoms with van der Waals surface area (Å²) in [6, 6.07) is 2.03. The van der Waals surface area contributed by atoms with Crippen LogP contribution in [0.15, 0.2) is 12.3 Å². The van der Waals surface area contributed by atoms with Gasteiger partial charge in [-0.05, 0) is 44.9 Å². The standard InChI is InChI=1S/C22H35N5O5/c1-5-13(2)24-22(29)32-16-7-6-14(8-16)17-11-19(27-26-17)25-20(28)9-15-10-21(31-4)23-12-18(15)30-3/h10,12-14,16-17,19,26-27H,5-9,11H2,1-4H3,(H,24,29)(H,25,28)/t13-,14-,16+,17?,19?/m0/s1. The average Bonchev–Trinajstić information content (AvgIpc) is 3.42. The summed E-state index contributed by atoms with van der Waals surface area (Å²) in [4.78, 5) is 28.7. The number of alkyl carbamates (subject to hydrolysis) is 1. The van der Waals surface area contributed by atoms with Crippen LogP contribution in [0.2, 0.25) is 0 Å². The molecule has 10 nitrogen and oxygen atoms in total. The number of hydrazine groups is 1. The fourth-order valence-electron chi connectivity index (χ4n) is 4.23. The van der Waals surface area contributed by atoms with Crippen LogP contribution in [0.4, 0.5) is 4.79 Å². The highest BCUT2D eigenvalue weighted by molar-refractivity contribution is 5.79. The number of pyridine rings is 1. The molecule has 3 rings (SSSR count). The zero-order valence-corrected chi connectivity index (χ0v) is 19.3. The molecule has 1 aromatic rings. The Balaban J connectivity index is 1.44. The average molecular weight is 450 g/mol. The number of amides is 2. The number of aromatic nitrogens is 1. The minimum Gasteiger partial charge on any atom is -0.495 e. The summed E-state index contributed by atoms with van der Waals surface area (Å²) in [6.45, 7) is 3.98. The second-order valence-corrected chi connectivity index (χ2v) is 8.52. The number of hydrogen-bond acceptors (Lipinski definition) is 8. The van der Waals surface area contributed by atoms with Crippen molar-refractivity contribution in [1.29, 1.82) is 0 Å². The number of methoxy groups -OCH3 is 2. The second kappa shape index (κ2) is 11.3. The Labute approximate surface area is 189 Å². The Morgan fingerprint density at radius 3 is 2.75 bits per heavy atom. The lowest BCUT2D eigenvalue weighted by Crippen LogP contribution is -2.45. The van der Waals surface area contributed by atoms with Gasteiger partial charge in [-0.1, -0.05) is 6.92 Å². The molecule has 10 heteroatoms. The molecule has 2 unspecified atom stereocenters. The largest absolute Gasteiger partial charge is 0.495 e. The Morgan fingerprint density at radius 2 is 2.03 bits per heavy atom. The Bertz CT molecular complexity index is 792. The van der Waals surface area contributed by atoms with Crippen LogP contribution >= 0.6 is 0 Å². The summed E-state index contributed by atoms with van der Waals surface area (Å²) in [6.07, 6.45) is 5.44. The number of rotatable bonds is 9. The van der Waals surface area contributed by atoms with Crippen LogP contribution in [0, 0.1) is 5.92 Å². The third-order valence-electron chi connectivity index (χ3n) is 6.22. The Morgan fingerprint density at radius 1 is 1.22 bits per heavy atom. The summed E-state index contributed by atoms with van der Waals surface area (Å²) in [7, 11) is 3.08. The highest BCUT2D eigenvalue weighted by atomic mass is 16.6. The first kappa shape index (κ1) is 24.1. The highest BCUT2D eigenvalue weighted by Crippen LogP contribution is 2.33. The van der Waals surface area contributed by atoms with Gasteiger partial charge >= 0.3 is 6.09 Å². The molecule has 1 aliphatic heterocycles. The third kappa shape index (κ3) is 6.46. The maximum Gasteiger partial charge on any atom is 0.407 e. The van der Waals surface area contributed by atoms with Crippen molar-refractivity contribution in [3.63, 3.8) is 0 Å². The molecule has 2 fully saturated rings. The molecule has 2 heterocycles. The maximum atomic E-state index is 12.6. The molecule has 0 aromatic carbocycles. The fraction of sp³-hybridized carbons (Fsp3) is 0.682. The molecular formula is C22H35N5O5. The van der Waals surface area contributed by atoms with Crippen molar-refractivity contribution < 1.29 is 23.8 Å². The first-order valence-electron chi connectivity index (χ1n) is 11.3. The predicted molar refractivity (Wildman–Crippen MR) is 118 cm³/mol. The van der Waals surface area contributed by atoms with Gasteiger partial charge in [-0.2, -0.15) is 0 Å². The molecule has 5 atom stereocenters. The SMILES string of the molecule is CC[C@H](C)NC(=O)O[C@@H]1CC[C@H](C2CC(NC(=O)Cc3cc(OC)ncc3OC)NN2)C1. The van der Waals surface area contributed by atoms with Gasteiger partial charge in [0, 0.05) is 23.7 Å². The van der Waals surface area contributed by atoms with Gasteiger partial charge in [0.25, 0.3) is 0 Å². The minimum atomic E-state index is -0.337. The van der Waals surface area contributed by atoms with Gasteiger partial charge in [0.15, 0.2) is 0 Å². The number of carbonyl (C=O) groups is 2. The first-order valence-corrected chi connectivity index (χ1v) is 11.3. The lowest BCUT2D eigenvalue weighted by atomic mass is 9.96.